The molecule has 0 aliphatic heterocycles. The molecule has 7 nitrogen and oxygen atoms in total. The van der Waals surface area contributed by atoms with Crippen molar-refractivity contribution in [3.8, 4) is 0 Å². The average Bonchev–Trinajstić information content (AvgIpc) is 2.75. The summed E-state index contributed by atoms with van der Waals surface area (Å²) in [5, 5.41) is 2.64. The van der Waals surface area contributed by atoms with Crippen molar-refractivity contribution in [1.29, 1.82) is 0 Å². The van der Waals surface area contributed by atoms with E-state index in [4.69, 9.17) is 0 Å². The van der Waals surface area contributed by atoms with Crippen LogP contribution < -0.4 is 11.0 Å². The molecule has 1 amide bonds. The van der Waals surface area contributed by atoms with Crippen LogP contribution in [0.15, 0.2) is 23.0 Å². The molecule has 19 heavy (non-hydrogen) atoms. The largest absolute Gasteiger partial charge is 0.469 e. The van der Waals surface area contributed by atoms with Crippen LogP contribution in [0, 0.1) is 0 Å². The predicted molar refractivity (Wildman–Crippen MR) is 68.8 cm³/mol. The lowest BCUT2D eigenvalue weighted by Gasteiger charge is -2.04. The molecule has 1 aromatic heterocycles. The van der Waals surface area contributed by atoms with Crippen molar-refractivity contribution in [3.63, 3.8) is 0 Å². The third-order valence-electron chi connectivity index (χ3n) is 2.58. The second kappa shape index (κ2) is 5.38. The molecule has 0 spiro atoms. The number of imidazole rings is 1. The SMILES string of the molecule is COC(=O)CCC(=O)Nc1ccc2[nH]c(=O)[nH]c2c1. The first-order valence-electron chi connectivity index (χ1n) is 5.67. The van der Waals surface area contributed by atoms with Gasteiger partial charge in [0.25, 0.3) is 0 Å². The number of aromatic amines is 2. The number of hydrogen-bond donors (Lipinski definition) is 3. The van der Waals surface area contributed by atoms with Gasteiger partial charge in [0.05, 0.1) is 24.6 Å². The summed E-state index contributed by atoms with van der Waals surface area (Å²) < 4.78 is 4.45. The summed E-state index contributed by atoms with van der Waals surface area (Å²) in [5.74, 6) is -0.719. The van der Waals surface area contributed by atoms with Gasteiger partial charge in [0.1, 0.15) is 0 Å². The highest BCUT2D eigenvalue weighted by Gasteiger charge is 2.08. The first-order valence-corrected chi connectivity index (χ1v) is 5.67. The van der Waals surface area contributed by atoms with Crippen LogP contribution in [0.4, 0.5) is 5.69 Å². The Morgan fingerprint density at radius 3 is 2.68 bits per heavy atom. The molecule has 0 bridgehead atoms. The van der Waals surface area contributed by atoms with Gasteiger partial charge in [-0.25, -0.2) is 4.79 Å². The van der Waals surface area contributed by atoms with Gasteiger partial charge in [-0.05, 0) is 18.2 Å². The molecular formula is C12H13N3O4. The summed E-state index contributed by atoms with van der Waals surface area (Å²) in [6.45, 7) is 0. The van der Waals surface area contributed by atoms with E-state index in [1.807, 2.05) is 0 Å². The van der Waals surface area contributed by atoms with Gasteiger partial charge in [0.2, 0.25) is 5.91 Å². The lowest BCUT2D eigenvalue weighted by molar-refractivity contribution is -0.141. The van der Waals surface area contributed by atoms with Gasteiger partial charge in [-0.3, -0.25) is 9.59 Å². The predicted octanol–water partition coefficient (Wildman–Crippen LogP) is 0.748. The molecule has 2 rings (SSSR count). The quantitative estimate of drug-likeness (QED) is 0.708. The fraction of sp³-hybridized carbons (Fsp3) is 0.250. The Labute approximate surface area is 108 Å². The Morgan fingerprint density at radius 1 is 1.21 bits per heavy atom. The number of rotatable bonds is 4. The maximum absolute atomic E-state index is 11.6. The van der Waals surface area contributed by atoms with E-state index in [2.05, 4.69) is 20.0 Å². The van der Waals surface area contributed by atoms with Crippen molar-refractivity contribution in [2.75, 3.05) is 12.4 Å². The summed E-state index contributed by atoms with van der Waals surface area (Å²) >= 11 is 0. The third kappa shape index (κ3) is 3.21. The molecule has 0 saturated carbocycles. The molecule has 7 heteroatoms. The van der Waals surface area contributed by atoms with E-state index < -0.39 is 5.97 Å². The van der Waals surface area contributed by atoms with Crippen molar-refractivity contribution in [2.24, 2.45) is 0 Å². The summed E-state index contributed by atoms with van der Waals surface area (Å²) in [7, 11) is 1.27. The number of ether oxygens (including phenoxy) is 1. The number of esters is 1. The first-order chi connectivity index (χ1) is 9.08. The molecule has 0 atom stereocenters. The first kappa shape index (κ1) is 12.9. The zero-order chi connectivity index (χ0) is 13.8. The number of amides is 1. The minimum absolute atomic E-state index is 0.0333. The molecule has 0 unspecified atom stereocenters. The molecule has 0 aliphatic carbocycles. The number of benzene rings is 1. The molecule has 0 saturated heterocycles. The Morgan fingerprint density at radius 2 is 1.95 bits per heavy atom. The molecule has 0 fully saturated rings. The fourth-order valence-electron chi connectivity index (χ4n) is 1.65. The number of methoxy groups -OCH3 is 1. The molecule has 1 heterocycles. The molecule has 100 valence electrons. The summed E-state index contributed by atoms with van der Waals surface area (Å²) in [4.78, 5) is 38.8. The second-order valence-corrected chi connectivity index (χ2v) is 3.96. The van der Waals surface area contributed by atoms with Crippen molar-refractivity contribution in [1.82, 2.24) is 9.97 Å². The smallest absolute Gasteiger partial charge is 0.323 e. The van der Waals surface area contributed by atoms with E-state index in [-0.39, 0.29) is 24.4 Å². The average molecular weight is 263 g/mol. The number of H-pyrrole nitrogens is 2. The molecular weight excluding hydrogens is 250 g/mol. The van der Waals surface area contributed by atoms with Crippen LogP contribution in [0.5, 0.6) is 0 Å². The molecule has 1 aromatic carbocycles. The Kier molecular flexibility index (Phi) is 3.65. The lowest BCUT2D eigenvalue weighted by atomic mass is 10.2. The number of hydrogen-bond acceptors (Lipinski definition) is 4. The van der Waals surface area contributed by atoms with Crippen LogP contribution in [-0.2, 0) is 14.3 Å². The topological polar surface area (TPSA) is 104 Å². The Balaban J connectivity index is 2.02. The highest BCUT2D eigenvalue weighted by atomic mass is 16.5. The minimum Gasteiger partial charge on any atom is -0.469 e. The number of fused-ring (bicyclic) bond motifs is 1. The van der Waals surface area contributed by atoms with Crippen molar-refractivity contribution >= 4 is 28.6 Å². The van der Waals surface area contributed by atoms with Gasteiger partial charge in [0.15, 0.2) is 0 Å². The summed E-state index contributed by atoms with van der Waals surface area (Å²) in [5.41, 5.74) is 1.52. The number of anilines is 1. The molecule has 0 aliphatic rings. The summed E-state index contributed by atoms with van der Waals surface area (Å²) in [6.07, 6.45) is 0.0833. The van der Waals surface area contributed by atoms with Crippen LogP contribution in [0.3, 0.4) is 0 Å². The fourth-order valence-corrected chi connectivity index (χ4v) is 1.65. The van der Waals surface area contributed by atoms with Gasteiger partial charge in [0, 0.05) is 12.1 Å². The number of carbonyl (C=O) groups excluding carboxylic acids is 2. The zero-order valence-corrected chi connectivity index (χ0v) is 10.3. The standard InChI is InChI=1S/C12H13N3O4/c1-19-11(17)5-4-10(16)13-7-2-3-8-9(6-7)15-12(18)14-8/h2-3,6H,4-5H2,1H3,(H,13,16)(H2,14,15,18). The summed E-state index contributed by atoms with van der Waals surface area (Å²) in [6, 6.07) is 4.99. The van der Waals surface area contributed by atoms with E-state index in [0.717, 1.165) is 0 Å². The van der Waals surface area contributed by atoms with Gasteiger partial charge in [-0.15, -0.1) is 0 Å². The van der Waals surface area contributed by atoms with Crippen molar-refractivity contribution < 1.29 is 14.3 Å². The maximum Gasteiger partial charge on any atom is 0.323 e. The van der Waals surface area contributed by atoms with Crippen LogP contribution in [-0.4, -0.2) is 29.0 Å². The molecule has 0 radical (unpaired) electrons. The highest BCUT2D eigenvalue weighted by Crippen LogP contribution is 2.14. The monoisotopic (exact) mass is 263 g/mol. The van der Waals surface area contributed by atoms with Gasteiger partial charge < -0.3 is 20.0 Å². The number of nitrogens with one attached hydrogen (secondary N) is 3. The third-order valence-corrected chi connectivity index (χ3v) is 2.58. The van der Waals surface area contributed by atoms with Crippen molar-refractivity contribution in [2.45, 2.75) is 12.8 Å². The Hall–Kier alpha value is -2.57. The van der Waals surface area contributed by atoms with Gasteiger partial charge in [-0.1, -0.05) is 0 Å². The highest BCUT2D eigenvalue weighted by molar-refractivity contribution is 5.94. The zero-order valence-electron chi connectivity index (χ0n) is 10.3. The van der Waals surface area contributed by atoms with Crippen molar-refractivity contribution in [3.05, 3.63) is 28.7 Å². The second-order valence-electron chi connectivity index (χ2n) is 3.96. The van der Waals surface area contributed by atoms with E-state index in [1.54, 1.807) is 18.2 Å². The van der Waals surface area contributed by atoms with Gasteiger partial charge >= 0.3 is 11.7 Å². The number of carbonyl (C=O) groups is 2. The minimum atomic E-state index is -0.430. The van der Waals surface area contributed by atoms with E-state index >= 15 is 0 Å². The van der Waals surface area contributed by atoms with E-state index in [1.165, 1.54) is 7.11 Å². The van der Waals surface area contributed by atoms with E-state index in [9.17, 15) is 14.4 Å². The normalized spacial score (nSPS) is 10.4. The lowest BCUT2D eigenvalue weighted by Crippen LogP contribution is -2.13. The van der Waals surface area contributed by atoms with Gasteiger partial charge in [-0.2, -0.15) is 0 Å². The molecule has 3 N–H and O–H groups in total. The van der Waals surface area contributed by atoms with Crippen LogP contribution >= 0.6 is 0 Å². The van der Waals surface area contributed by atoms with E-state index in [0.29, 0.717) is 16.7 Å². The van der Waals surface area contributed by atoms with Crippen LogP contribution in [0.25, 0.3) is 11.0 Å². The number of aromatic nitrogens is 2. The van der Waals surface area contributed by atoms with Crippen LogP contribution in [0.2, 0.25) is 0 Å². The Bertz CT molecular complexity index is 671. The van der Waals surface area contributed by atoms with Crippen LogP contribution in [0.1, 0.15) is 12.8 Å². The molecule has 2 aromatic rings. The maximum atomic E-state index is 11.6.